The van der Waals surface area contributed by atoms with Crippen molar-refractivity contribution in [1.29, 1.82) is 0 Å². The van der Waals surface area contributed by atoms with E-state index >= 15 is 0 Å². The van der Waals surface area contributed by atoms with E-state index in [4.69, 9.17) is 23.3 Å². The number of carbonyl (C=O) groups is 2. The Morgan fingerprint density at radius 3 is 1.62 bits per heavy atom. The van der Waals surface area contributed by atoms with E-state index in [1.54, 1.807) is 0 Å². The fraction of sp³-hybridized carbons (Fsp3) is 0.714. The van der Waals surface area contributed by atoms with Gasteiger partial charge >= 0.3 is 19.8 Å². The predicted molar refractivity (Wildman–Crippen MR) is 248 cm³/mol. The summed E-state index contributed by atoms with van der Waals surface area (Å²) in [6.07, 6.45) is 32.9. The molecule has 14 nitrogen and oxygen atoms in total. The number of hydrogen-bond donors (Lipinski definition) is 6. The van der Waals surface area contributed by atoms with Crippen molar-refractivity contribution in [1.82, 2.24) is 0 Å². The second-order valence-electron chi connectivity index (χ2n) is 16.6. The summed E-state index contributed by atoms with van der Waals surface area (Å²) in [7, 11) is -5.15. The smallest absolute Gasteiger partial charge is 0.462 e. The van der Waals surface area contributed by atoms with Crippen molar-refractivity contribution < 1.29 is 67.8 Å². The van der Waals surface area contributed by atoms with Crippen LogP contribution in [0, 0.1) is 0 Å². The van der Waals surface area contributed by atoms with Gasteiger partial charge in [-0.05, 0) is 77.0 Å². The molecule has 1 aliphatic carbocycles. The van der Waals surface area contributed by atoms with Gasteiger partial charge in [0.15, 0.2) is 6.10 Å². The molecule has 0 radical (unpaired) electrons. The molecule has 0 aromatic heterocycles. The highest BCUT2D eigenvalue weighted by Gasteiger charge is 2.51. The Bertz CT molecular complexity index is 1460. The molecule has 1 heterocycles. The van der Waals surface area contributed by atoms with Gasteiger partial charge in [0.25, 0.3) is 0 Å². The Hall–Kier alpha value is -2.75. The zero-order valence-corrected chi connectivity index (χ0v) is 39.4. The topological polar surface area (TPSA) is 222 Å². The first-order valence-electron chi connectivity index (χ1n) is 23.9. The summed E-state index contributed by atoms with van der Waals surface area (Å²) in [5.74, 6) is -1.22. The van der Waals surface area contributed by atoms with E-state index in [9.17, 15) is 44.6 Å². The Labute approximate surface area is 382 Å². The molecule has 10 atom stereocenters. The van der Waals surface area contributed by atoms with Crippen LogP contribution in [0.25, 0.3) is 0 Å². The number of esters is 2. The molecular weight excluding hydrogens is 843 g/mol. The Morgan fingerprint density at radius 1 is 0.562 bits per heavy atom. The average Bonchev–Trinajstić information content (AvgIpc) is 4.03. The summed E-state index contributed by atoms with van der Waals surface area (Å²) >= 11 is 0. The van der Waals surface area contributed by atoms with Crippen molar-refractivity contribution >= 4 is 19.8 Å². The van der Waals surface area contributed by atoms with Crippen molar-refractivity contribution in [3.05, 3.63) is 72.9 Å². The molecule has 2 fully saturated rings. The second-order valence-corrected chi connectivity index (χ2v) is 18.0. The minimum absolute atomic E-state index is 0.0366. The quantitative estimate of drug-likeness (QED) is 0.0113. The molecule has 0 aromatic carbocycles. The normalized spacial score (nSPS) is 25.4. The number of unbranched alkanes of at least 4 members (excludes halogenated alkanes) is 11. The molecular formula is C49H81O14P. The van der Waals surface area contributed by atoms with Gasteiger partial charge in [-0.25, -0.2) is 4.57 Å². The highest BCUT2D eigenvalue weighted by molar-refractivity contribution is 7.47. The van der Waals surface area contributed by atoms with Crippen molar-refractivity contribution in [2.24, 2.45) is 0 Å². The van der Waals surface area contributed by atoms with Crippen LogP contribution in [0.3, 0.4) is 0 Å². The van der Waals surface area contributed by atoms with Crippen molar-refractivity contribution in [3.63, 3.8) is 0 Å². The van der Waals surface area contributed by atoms with Crippen LogP contribution in [-0.2, 0) is 37.4 Å². The van der Waals surface area contributed by atoms with E-state index in [1.165, 1.54) is 38.5 Å². The van der Waals surface area contributed by atoms with Gasteiger partial charge in [-0.2, -0.15) is 0 Å². The number of phosphoric acid groups is 1. The number of rotatable bonds is 37. The fourth-order valence-electron chi connectivity index (χ4n) is 7.00. The minimum atomic E-state index is -5.15. The molecule has 0 amide bonds. The molecule has 64 heavy (non-hydrogen) atoms. The van der Waals surface area contributed by atoms with E-state index in [0.29, 0.717) is 31.5 Å². The second kappa shape index (κ2) is 35.4. The van der Waals surface area contributed by atoms with Crippen LogP contribution in [0.5, 0.6) is 0 Å². The summed E-state index contributed by atoms with van der Waals surface area (Å²) < 4.78 is 39.1. The minimum Gasteiger partial charge on any atom is -0.462 e. The third-order valence-corrected chi connectivity index (χ3v) is 11.9. The lowest BCUT2D eigenvalue weighted by Gasteiger charge is -2.41. The molecule has 0 aromatic rings. The molecule has 15 heteroatoms. The molecule has 2 aliphatic rings. The molecule has 0 bridgehead atoms. The molecule has 0 spiro atoms. The van der Waals surface area contributed by atoms with Crippen LogP contribution in [0.1, 0.15) is 155 Å². The summed E-state index contributed by atoms with van der Waals surface area (Å²) in [4.78, 5) is 35.7. The first kappa shape index (κ1) is 57.4. The summed E-state index contributed by atoms with van der Waals surface area (Å²) in [5, 5.41) is 50.2. The number of aliphatic hydroxyl groups is 5. The average molecular weight is 925 g/mol. The van der Waals surface area contributed by atoms with Crippen LogP contribution in [-0.4, -0.2) is 111 Å². The highest BCUT2D eigenvalue weighted by atomic mass is 31.2. The van der Waals surface area contributed by atoms with Gasteiger partial charge in [-0.1, -0.05) is 138 Å². The number of epoxide rings is 1. The van der Waals surface area contributed by atoms with Crippen molar-refractivity contribution in [2.75, 3.05) is 13.2 Å². The number of ether oxygens (including phenoxy) is 3. The molecule has 5 unspecified atom stereocenters. The zero-order chi connectivity index (χ0) is 46.8. The van der Waals surface area contributed by atoms with Gasteiger partial charge in [0.2, 0.25) is 0 Å². The molecule has 1 aliphatic heterocycles. The van der Waals surface area contributed by atoms with Crippen LogP contribution >= 0.6 is 7.82 Å². The first-order chi connectivity index (χ1) is 30.9. The number of hydrogen-bond acceptors (Lipinski definition) is 13. The monoisotopic (exact) mass is 925 g/mol. The van der Waals surface area contributed by atoms with Gasteiger partial charge in [0, 0.05) is 12.8 Å². The van der Waals surface area contributed by atoms with Gasteiger partial charge in [0.1, 0.15) is 43.2 Å². The number of carbonyl (C=O) groups excluding carboxylic acids is 2. The van der Waals surface area contributed by atoms with Crippen molar-refractivity contribution in [2.45, 2.75) is 210 Å². The van der Waals surface area contributed by atoms with E-state index in [0.717, 1.165) is 70.6 Å². The Morgan fingerprint density at radius 2 is 1.05 bits per heavy atom. The van der Waals surface area contributed by atoms with Crippen LogP contribution in [0.2, 0.25) is 0 Å². The van der Waals surface area contributed by atoms with Crippen LogP contribution < -0.4 is 0 Å². The molecule has 1 saturated carbocycles. The summed E-state index contributed by atoms with van der Waals surface area (Å²) in [6, 6.07) is 0. The number of phosphoric ester groups is 1. The lowest BCUT2D eigenvalue weighted by molar-refractivity contribution is -0.220. The third kappa shape index (κ3) is 27.0. The lowest BCUT2D eigenvalue weighted by Crippen LogP contribution is -2.64. The maximum absolute atomic E-state index is 12.8. The summed E-state index contributed by atoms with van der Waals surface area (Å²) in [6.45, 7) is 3.10. The van der Waals surface area contributed by atoms with E-state index < -0.39 is 75.7 Å². The molecule has 1 saturated heterocycles. The van der Waals surface area contributed by atoms with Crippen LogP contribution in [0.15, 0.2) is 72.9 Å². The van der Waals surface area contributed by atoms with Gasteiger partial charge < -0.3 is 44.6 Å². The van der Waals surface area contributed by atoms with Crippen molar-refractivity contribution in [3.8, 4) is 0 Å². The first-order valence-corrected chi connectivity index (χ1v) is 25.4. The van der Waals surface area contributed by atoms with Gasteiger partial charge in [-0.15, -0.1) is 0 Å². The zero-order valence-electron chi connectivity index (χ0n) is 38.5. The van der Waals surface area contributed by atoms with Crippen LogP contribution in [0.4, 0.5) is 0 Å². The molecule has 366 valence electrons. The fourth-order valence-corrected chi connectivity index (χ4v) is 7.97. The standard InChI is InChI=1S/C49H81O14P/c1-3-5-7-8-9-10-11-12-13-14-18-21-24-27-31-35-42(50)59-37-39(38-60-64(57,58)63-49-47(55)45(53)44(52)46(54)48(49)56)61-43(51)36-32-28-25-22-19-16-15-17-20-23-26-30-34-41-40(62-41)33-29-6-4-2/h6,12-13,16-17,19-20,25-26,28-30,39-41,44-49,52-56H,3-5,7-11,14-15,18,21-24,27,31-38H2,1-2H3,(H,57,58)/b13-12-,19-16-,20-17-,28-25-,29-6-,30-26-/t39-,40?,41?,44?,45-,46+,47-,48-,49?/m1/s1. The number of aliphatic hydroxyl groups excluding tert-OH is 5. The lowest BCUT2D eigenvalue weighted by atomic mass is 9.85. The Balaban J connectivity index is 1.73. The maximum Gasteiger partial charge on any atom is 0.472 e. The van der Waals surface area contributed by atoms with Gasteiger partial charge in [0.05, 0.1) is 18.8 Å². The SMILES string of the molecule is CC/C=C\CC1OC1C/C=C\C/C=C\C/C=C\C/C=C\CCC(=O)O[C@H](COC(=O)CCCCCCC/C=C\CCCCCCCC)COP(=O)(O)OC1[C@H](O)[C@H](O)C(O)[C@H](O)[C@H]1O. The van der Waals surface area contributed by atoms with Gasteiger partial charge in [-0.3, -0.25) is 18.6 Å². The largest absolute Gasteiger partial charge is 0.472 e. The maximum atomic E-state index is 12.8. The van der Waals surface area contributed by atoms with E-state index in [-0.39, 0.29) is 12.8 Å². The third-order valence-electron chi connectivity index (χ3n) is 10.9. The summed E-state index contributed by atoms with van der Waals surface area (Å²) in [5.41, 5.74) is 0. The molecule has 6 N–H and O–H groups in total. The van der Waals surface area contributed by atoms with E-state index in [2.05, 4.69) is 68.5 Å². The highest BCUT2D eigenvalue weighted by Crippen LogP contribution is 2.47. The Kier molecular flexibility index (Phi) is 31.8. The number of allylic oxidation sites excluding steroid dienone is 10. The van der Waals surface area contributed by atoms with E-state index in [1.807, 2.05) is 18.2 Å². The predicted octanol–water partition coefficient (Wildman–Crippen LogP) is 8.49. The molecule has 2 rings (SSSR count).